The molecule has 0 fully saturated rings. The summed E-state index contributed by atoms with van der Waals surface area (Å²) in [6, 6.07) is 6.50. The lowest BCUT2D eigenvalue weighted by Crippen LogP contribution is -2.29. The summed E-state index contributed by atoms with van der Waals surface area (Å²) in [6.07, 6.45) is 0.758. The third-order valence-electron chi connectivity index (χ3n) is 2.50. The summed E-state index contributed by atoms with van der Waals surface area (Å²) in [5, 5.41) is 0. The van der Waals surface area contributed by atoms with Gasteiger partial charge in [0, 0.05) is 6.54 Å². The molecule has 2 N–H and O–H groups in total. The highest BCUT2D eigenvalue weighted by atomic mass is 32.2. The number of hydrogen-bond acceptors (Lipinski definition) is 4. The summed E-state index contributed by atoms with van der Waals surface area (Å²) in [5.74, 6) is -0.252. The summed E-state index contributed by atoms with van der Waals surface area (Å²) in [4.78, 5) is 0.0889. The molecule has 6 nitrogen and oxygen atoms in total. The molecule has 0 saturated carbocycles. The van der Waals surface area contributed by atoms with E-state index in [4.69, 9.17) is 4.55 Å². The summed E-state index contributed by atoms with van der Waals surface area (Å²) in [5.41, 5.74) is 0.901. The topological polar surface area (TPSA) is 101 Å². The molecule has 0 aliphatic carbocycles. The van der Waals surface area contributed by atoms with Crippen LogP contribution in [-0.4, -0.2) is 33.7 Å². The molecule has 0 aromatic heterocycles. The fraction of sp³-hybridized carbons (Fsp3) is 0.500. The van der Waals surface area contributed by atoms with Gasteiger partial charge in [-0.1, -0.05) is 26.0 Å². The van der Waals surface area contributed by atoms with Crippen molar-refractivity contribution in [2.45, 2.75) is 25.2 Å². The third-order valence-corrected chi connectivity index (χ3v) is 4.68. The van der Waals surface area contributed by atoms with Crippen LogP contribution in [0, 0.1) is 5.92 Å². The van der Waals surface area contributed by atoms with E-state index in [9.17, 15) is 16.8 Å². The van der Waals surface area contributed by atoms with Gasteiger partial charge >= 0.3 is 0 Å². The second kappa shape index (κ2) is 6.66. The van der Waals surface area contributed by atoms with Crippen molar-refractivity contribution < 1.29 is 21.4 Å². The molecule has 1 aromatic rings. The predicted octanol–water partition coefficient (Wildman–Crippen LogP) is 1.05. The summed E-state index contributed by atoms with van der Waals surface area (Å²) < 4.78 is 55.7. The van der Waals surface area contributed by atoms with E-state index in [2.05, 4.69) is 4.72 Å². The van der Waals surface area contributed by atoms with Crippen molar-refractivity contribution in [1.82, 2.24) is 4.72 Å². The lowest BCUT2D eigenvalue weighted by molar-refractivity contribution is 0.482. The molecule has 8 heteroatoms. The minimum atomic E-state index is -4.18. The Labute approximate surface area is 120 Å². The van der Waals surface area contributed by atoms with Crippen LogP contribution < -0.4 is 4.72 Å². The van der Waals surface area contributed by atoms with Gasteiger partial charge in [0.1, 0.15) is 0 Å². The predicted molar refractivity (Wildman–Crippen MR) is 76.6 cm³/mol. The smallest absolute Gasteiger partial charge is 0.266 e. The minimum Gasteiger partial charge on any atom is -0.286 e. The first kappa shape index (κ1) is 17.1. The summed E-state index contributed by atoms with van der Waals surface area (Å²) >= 11 is 0. The SMILES string of the molecule is CC(C)Cc1cccc(S(=O)(=O)NCCS(=O)(=O)O)c1. The van der Waals surface area contributed by atoms with Gasteiger partial charge in [-0.25, -0.2) is 13.1 Å². The Morgan fingerprint density at radius 1 is 1.20 bits per heavy atom. The zero-order chi connectivity index (χ0) is 15.4. The largest absolute Gasteiger partial charge is 0.286 e. The highest BCUT2D eigenvalue weighted by Crippen LogP contribution is 2.14. The van der Waals surface area contributed by atoms with E-state index in [1.165, 1.54) is 6.07 Å². The molecule has 0 aliphatic heterocycles. The zero-order valence-corrected chi connectivity index (χ0v) is 13.0. The lowest BCUT2D eigenvalue weighted by atomic mass is 10.0. The fourth-order valence-corrected chi connectivity index (χ4v) is 3.29. The Kier molecular flexibility index (Phi) is 5.69. The molecule has 0 saturated heterocycles. The first-order valence-electron chi connectivity index (χ1n) is 6.14. The molecule has 1 rings (SSSR count). The molecule has 0 bridgehead atoms. The third kappa shape index (κ3) is 6.00. The van der Waals surface area contributed by atoms with E-state index in [0.717, 1.165) is 12.0 Å². The average molecular weight is 321 g/mol. The highest BCUT2D eigenvalue weighted by molar-refractivity contribution is 7.89. The Morgan fingerprint density at radius 2 is 1.85 bits per heavy atom. The van der Waals surface area contributed by atoms with Crippen molar-refractivity contribution in [1.29, 1.82) is 0 Å². The normalized spacial score (nSPS) is 12.8. The standard InChI is InChI=1S/C12H19NO5S2/c1-10(2)8-11-4-3-5-12(9-11)20(17,18)13-6-7-19(14,15)16/h3-5,9-10,13H,6-8H2,1-2H3,(H,14,15,16). The van der Waals surface area contributed by atoms with Gasteiger partial charge in [0.2, 0.25) is 10.0 Å². The number of nitrogens with one attached hydrogen (secondary N) is 1. The van der Waals surface area contributed by atoms with Gasteiger partial charge in [0.15, 0.2) is 0 Å². The maximum Gasteiger partial charge on any atom is 0.266 e. The van der Waals surface area contributed by atoms with Crippen molar-refractivity contribution >= 4 is 20.1 Å². The van der Waals surface area contributed by atoms with Crippen LogP contribution in [0.5, 0.6) is 0 Å². The quantitative estimate of drug-likeness (QED) is 0.731. The second-order valence-corrected chi connectivity index (χ2v) is 8.27. The minimum absolute atomic E-state index is 0.0889. The lowest BCUT2D eigenvalue weighted by Gasteiger charge is -2.09. The Bertz CT molecular complexity index is 650. The van der Waals surface area contributed by atoms with Crippen molar-refractivity contribution in [3.05, 3.63) is 29.8 Å². The maximum atomic E-state index is 12.0. The molecule has 20 heavy (non-hydrogen) atoms. The van der Waals surface area contributed by atoms with Crippen molar-refractivity contribution in [2.24, 2.45) is 5.92 Å². The van der Waals surface area contributed by atoms with E-state index in [1.807, 2.05) is 19.9 Å². The molecule has 0 aliphatic rings. The molecule has 0 atom stereocenters. The average Bonchev–Trinajstić information content (AvgIpc) is 2.26. The van der Waals surface area contributed by atoms with Crippen LogP contribution in [0.25, 0.3) is 0 Å². The Morgan fingerprint density at radius 3 is 2.40 bits per heavy atom. The van der Waals surface area contributed by atoms with Crippen LogP contribution in [-0.2, 0) is 26.6 Å². The number of rotatable bonds is 7. The van der Waals surface area contributed by atoms with Crippen LogP contribution in [0.2, 0.25) is 0 Å². The molecule has 1 aromatic carbocycles. The fourth-order valence-electron chi connectivity index (χ4n) is 1.70. The van der Waals surface area contributed by atoms with Crippen LogP contribution in [0.4, 0.5) is 0 Å². The van der Waals surface area contributed by atoms with Gasteiger partial charge < -0.3 is 0 Å². The van der Waals surface area contributed by atoms with E-state index in [1.54, 1.807) is 12.1 Å². The maximum absolute atomic E-state index is 12.0. The van der Waals surface area contributed by atoms with E-state index in [0.29, 0.717) is 5.92 Å². The molecule has 0 unspecified atom stereocenters. The molecule has 0 spiro atoms. The van der Waals surface area contributed by atoms with Gasteiger partial charge in [0.05, 0.1) is 10.6 Å². The van der Waals surface area contributed by atoms with Crippen LogP contribution in [0.15, 0.2) is 29.2 Å². The first-order chi connectivity index (χ1) is 9.10. The molecular formula is C12H19NO5S2. The van der Waals surface area contributed by atoms with Crippen LogP contribution >= 0.6 is 0 Å². The number of hydrogen-bond donors (Lipinski definition) is 2. The van der Waals surface area contributed by atoms with Crippen LogP contribution in [0.3, 0.4) is 0 Å². The van der Waals surface area contributed by atoms with Gasteiger partial charge in [-0.2, -0.15) is 8.42 Å². The summed E-state index contributed by atoms with van der Waals surface area (Å²) in [7, 11) is -7.95. The van der Waals surface area contributed by atoms with Crippen molar-refractivity contribution in [2.75, 3.05) is 12.3 Å². The highest BCUT2D eigenvalue weighted by Gasteiger charge is 2.15. The van der Waals surface area contributed by atoms with Crippen molar-refractivity contribution in [3.8, 4) is 0 Å². The van der Waals surface area contributed by atoms with E-state index in [-0.39, 0.29) is 11.4 Å². The van der Waals surface area contributed by atoms with Gasteiger partial charge in [-0.15, -0.1) is 0 Å². The van der Waals surface area contributed by atoms with Crippen molar-refractivity contribution in [3.63, 3.8) is 0 Å². The van der Waals surface area contributed by atoms with E-state index < -0.39 is 25.9 Å². The number of benzene rings is 1. The monoisotopic (exact) mass is 321 g/mol. The van der Waals surface area contributed by atoms with Gasteiger partial charge in [-0.05, 0) is 30.0 Å². The van der Waals surface area contributed by atoms with Crippen LogP contribution in [0.1, 0.15) is 19.4 Å². The molecule has 0 amide bonds. The zero-order valence-electron chi connectivity index (χ0n) is 11.4. The Hall–Kier alpha value is -0.960. The molecule has 0 radical (unpaired) electrons. The molecular weight excluding hydrogens is 302 g/mol. The second-order valence-electron chi connectivity index (χ2n) is 4.93. The van der Waals surface area contributed by atoms with Gasteiger partial charge in [0.25, 0.3) is 10.1 Å². The molecule has 114 valence electrons. The summed E-state index contributed by atoms with van der Waals surface area (Å²) in [6.45, 7) is 3.70. The van der Waals surface area contributed by atoms with E-state index >= 15 is 0 Å². The first-order valence-corrected chi connectivity index (χ1v) is 9.23. The molecule has 0 heterocycles. The number of sulfonamides is 1. The van der Waals surface area contributed by atoms with Gasteiger partial charge in [-0.3, -0.25) is 4.55 Å². The Balaban J connectivity index is 2.82.